The molecular weight excluding hydrogens is 337 g/mol. The minimum absolute atomic E-state index is 0.0281. The van der Waals surface area contributed by atoms with Gasteiger partial charge < -0.3 is 15.1 Å². The number of carbonyl (C=O) groups excluding carboxylic acids is 1. The van der Waals surface area contributed by atoms with Gasteiger partial charge in [-0.15, -0.1) is 11.8 Å². The van der Waals surface area contributed by atoms with E-state index < -0.39 is 24.2 Å². The summed E-state index contributed by atoms with van der Waals surface area (Å²) in [5.41, 5.74) is 0. The summed E-state index contributed by atoms with van der Waals surface area (Å²) < 4.78 is 13.8. The molecule has 146 valence electrons. The third-order valence-corrected chi connectivity index (χ3v) is 4.65. The van der Waals surface area contributed by atoms with Crippen LogP contribution in [0.3, 0.4) is 0 Å². The van der Waals surface area contributed by atoms with Crippen LogP contribution in [0.5, 0.6) is 0 Å². The van der Waals surface area contributed by atoms with E-state index in [4.69, 9.17) is 5.11 Å². The van der Waals surface area contributed by atoms with Crippen LogP contribution in [0.2, 0.25) is 0 Å². The van der Waals surface area contributed by atoms with Gasteiger partial charge in [-0.3, -0.25) is 9.59 Å². The number of likely N-dealkylation sites (tertiary alicyclic amines) is 1. The number of unbranched alkanes of at least 4 members (excludes halogenated alkanes) is 3. The molecule has 4 atom stereocenters. The van der Waals surface area contributed by atoms with Gasteiger partial charge >= 0.3 is 5.97 Å². The van der Waals surface area contributed by atoms with Gasteiger partial charge in [0.05, 0.1) is 12.1 Å². The number of carboxylic acid groups (broad SMARTS) is 1. The van der Waals surface area contributed by atoms with Gasteiger partial charge in [-0.2, -0.15) is 0 Å². The van der Waals surface area contributed by atoms with Crippen molar-refractivity contribution >= 4 is 11.9 Å². The van der Waals surface area contributed by atoms with Crippen LogP contribution in [0.1, 0.15) is 58.8 Å². The van der Waals surface area contributed by atoms with Crippen LogP contribution >= 0.6 is 0 Å². The van der Waals surface area contributed by atoms with Crippen LogP contribution in [0.25, 0.3) is 0 Å². The average molecular weight is 367 g/mol. The Labute approximate surface area is 155 Å². The van der Waals surface area contributed by atoms with Gasteiger partial charge in [0.2, 0.25) is 0 Å². The monoisotopic (exact) mass is 367 g/mol. The van der Waals surface area contributed by atoms with Gasteiger partial charge in [0.1, 0.15) is 0 Å². The molecule has 1 aliphatic heterocycles. The van der Waals surface area contributed by atoms with E-state index in [2.05, 4.69) is 11.8 Å². The van der Waals surface area contributed by atoms with Crippen LogP contribution in [0, 0.1) is 17.8 Å². The van der Waals surface area contributed by atoms with E-state index in [0.717, 1.165) is 12.8 Å². The molecule has 1 fully saturated rings. The summed E-state index contributed by atoms with van der Waals surface area (Å²) in [6.45, 7) is 4.10. The minimum Gasteiger partial charge on any atom is -0.481 e. The van der Waals surface area contributed by atoms with Crippen molar-refractivity contribution in [3.05, 3.63) is 12.2 Å². The molecule has 1 heterocycles. The number of carboxylic acids is 1. The maximum Gasteiger partial charge on any atom is 0.303 e. The van der Waals surface area contributed by atoms with E-state index in [9.17, 15) is 19.1 Å². The number of halogens is 1. The number of aliphatic hydroxyl groups excluding tert-OH is 1. The summed E-state index contributed by atoms with van der Waals surface area (Å²) in [5.74, 6) is 4.39. The van der Waals surface area contributed by atoms with Crippen molar-refractivity contribution in [1.29, 1.82) is 0 Å². The Morgan fingerprint density at radius 2 is 2.08 bits per heavy atom. The van der Waals surface area contributed by atoms with Gasteiger partial charge in [-0.1, -0.05) is 31.9 Å². The van der Waals surface area contributed by atoms with Gasteiger partial charge in [0.25, 0.3) is 5.91 Å². The molecule has 0 aromatic rings. The lowest BCUT2D eigenvalue weighted by Gasteiger charge is -2.22. The van der Waals surface area contributed by atoms with Crippen molar-refractivity contribution in [2.24, 2.45) is 5.92 Å². The Balaban J connectivity index is 2.48. The van der Waals surface area contributed by atoms with E-state index in [1.165, 1.54) is 4.90 Å². The van der Waals surface area contributed by atoms with E-state index >= 15 is 0 Å². The van der Waals surface area contributed by atoms with Crippen molar-refractivity contribution in [1.82, 2.24) is 4.90 Å². The molecular formula is C20H30FNO4. The molecule has 0 saturated carbocycles. The second kappa shape index (κ2) is 11.7. The smallest absolute Gasteiger partial charge is 0.303 e. The number of hydrogen-bond acceptors (Lipinski definition) is 3. The van der Waals surface area contributed by atoms with Crippen molar-refractivity contribution in [2.45, 2.75) is 77.1 Å². The second-order valence-electron chi connectivity index (χ2n) is 6.84. The molecule has 6 heteroatoms. The lowest BCUT2D eigenvalue weighted by molar-refractivity contribution is -0.137. The molecule has 0 aliphatic carbocycles. The van der Waals surface area contributed by atoms with Crippen molar-refractivity contribution < 1.29 is 24.2 Å². The first-order chi connectivity index (χ1) is 12.4. The van der Waals surface area contributed by atoms with Crippen LogP contribution in [0.4, 0.5) is 4.39 Å². The van der Waals surface area contributed by atoms with Gasteiger partial charge in [0, 0.05) is 25.8 Å². The fourth-order valence-corrected chi connectivity index (χ4v) is 2.97. The maximum atomic E-state index is 13.8. The highest BCUT2D eigenvalue weighted by atomic mass is 19.1. The molecule has 1 unspecified atom stereocenters. The summed E-state index contributed by atoms with van der Waals surface area (Å²) in [7, 11) is 0. The van der Waals surface area contributed by atoms with Crippen molar-refractivity contribution in [2.75, 3.05) is 6.54 Å². The fraction of sp³-hybridized carbons (Fsp3) is 0.700. The number of hydrogen-bond donors (Lipinski definition) is 2. The first-order valence-corrected chi connectivity index (χ1v) is 9.29. The number of rotatable bonds is 11. The highest BCUT2D eigenvalue weighted by Gasteiger charge is 2.37. The first kappa shape index (κ1) is 22.2. The fourth-order valence-electron chi connectivity index (χ4n) is 2.97. The number of nitrogens with zero attached hydrogens (tertiary/aromatic N) is 1. The molecule has 1 amide bonds. The Bertz CT molecular complexity index is 552. The van der Waals surface area contributed by atoms with E-state index in [1.54, 1.807) is 19.1 Å². The van der Waals surface area contributed by atoms with Gasteiger partial charge in [0.15, 0.2) is 6.17 Å². The number of amides is 1. The molecule has 5 nitrogen and oxygen atoms in total. The predicted octanol–water partition coefficient (Wildman–Crippen LogP) is 2.93. The quantitative estimate of drug-likeness (QED) is 0.334. The molecule has 26 heavy (non-hydrogen) atoms. The van der Waals surface area contributed by atoms with Crippen LogP contribution in [0.15, 0.2) is 12.2 Å². The molecule has 1 saturated heterocycles. The first-order valence-electron chi connectivity index (χ1n) is 9.29. The molecule has 0 spiro atoms. The summed E-state index contributed by atoms with van der Waals surface area (Å²) >= 11 is 0. The molecule has 2 N–H and O–H groups in total. The van der Waals surface area contributed by atoms with Crippen molar-refractivity contribution in [3.8, 4) is 11.8 Å². The van der Waals surface area contributed by atoms with Crippen LogP contribution < -0.4 is 0 Å². The van der Waals surface area contributed by atoms with Crippen LogP contribution in [-0.2, 0) is 9.59 Å². The highest BCUT2D eigenvalue weighted by molar-refractivity contribution is 5.83. The Morgan fingerprint density at radius 1 is 1.38 bits per heavy atom. The highest BCUT2D eigenvalue weighted by Crippen LogP contribution is 2.24. The maximum absolute atomic E-state index is 13.8. The summed E-state index contributed by atoms with van der Waals surface area (Å²) in [4.78, 5) is 24.0. The van der Waals surface area contributed by atoms with Crippen LogP contribution in [-0.4, -0.2) is 51.9 Å². The number of carbonyl (C=O) groups is 2. The average Bonchev–Trinajstić information content (AvgIpc) is 2.87. The number of alkyl halides is 1. The lowest BCUT2D eigenvalue weighted by atomic mass is 10.00. The molecule has 0 bridgehead atoms. The second-order valence-corrected chi connectivity index (χ2v) is 6.84. The third-order valence-electron chi connectivity index (χ3n) is 4.65. The molecule has 0 aromatic heterocycles. The topological polar surface area (TPSA) is 77.8 Å². The van der Waals surface area contributed by atoms with Gasteiger partial charge in [-0.25, -0.2) is 4.39 Å². The number of aliphatic hydroxyl groups is 1. The number of aliphatic carboxylic acids is 1. The molecule has 0 aromatic carbocycles. The van der Waals surface area contributed by atoms with E-state index in [-0.39, 0.29) is 24.8 Å². The van der Waals surface area contributed by atoms with Crippen molar-refractivity contribution in [3.63, 3.8) is 0 Å². The molecule has 1 aliphatic rings. The van der Waals surface area contributed by atoms with Gasteiger partial charge in [-0.05, 0) is 25.7 Å². The predicted molar refractivity (Wildman–Crippen MR) is 98.1 cm³/mol. The largest absolute Gasteiger partial charge is 0.481 e. The Kier molecular flexibility index (Phi) is 9.97. The minimum atomic E-state index is -1.49. The van der Waals surface area contributed by atoms with E-state index in [0.29, 0.717) is 25.8 Å². The Morgan fingerprint density at radius 3 is 2.73 bits per heavy atom. The SMILES string of the molecule is CC#CC[C@H](C)[C@H](O)/C=C/[C@H]1CC(F)C(=O)N1CCCCCCC(=O)O. The zero-order valence-corrected chi connectivity index (χ0v) is 15.7. The summed E-state index contributed by atoms with van der Waals surface area (Å²) in [5, 5.41) is 18.7. The Hall–Kier alpha value is -1.87. The lowest BCUT2D eigenvalue weighted by Crippen LogP contribution is -2.34. The summed E-state index contributed by atoms with van der Waals surface area (Å²) in [6, 6.07) is -0.337. The molecule has 0 radical (unpaired) electrons. The standard InChI is InChI=1S/C20H30FNO4/c1-3-4-9-15(2)18(23)12-11-16-14-17(21)20(26)22(16)13-8-6-5-7-10-19(24)25/h11-12,15-18,23H,5-10,13-14H2,1-2H3,(H,24,25)/b12-11+/t15-,16-,17?,18+/m0/s1. The zero-order chi connectivity index (χ0) is 19.5. The molecule has 1 rings (SSSR count). The third kappa shape index (κ3) is 7.57. The summed E-state index contributed by atoms with van der Waals surface area (Å²) in [6.07, 6.45) is 4.96. The van der Waals surface area contributed by atoms with E-state index in [1.807, 2.05) is 6.92 Å². The normalized spacial score (nSPS) is 22.3. The zero-order valence-electron chi connectivity index (χ0n) is 15.7.